The summed E-state index contributed by atoms with van der Waals surface area (Å²) in [4.78, 5) is 0. The van der Waals surface area contributed by atoms with Crippen molar-refractivity contribution in [3.8, 4) is 6.07 Å². The normalized spacial score (nSPS) is 19.4. The van der Waals surface area contributed by atoms with Crippen molar-refractivity contribution in [3.05, 3.63) is 41.5 Å². The third kappa shape index (κ3) is 2.24. The van der Waals surface area contributed by atoms with Gasteiger partial charge in [0.05, 0.1) is 11.6 Å². The molecule has 1 heterocycles. The van der Waals surface area contributed by atoms with E-state index in [1.54, 1.807) is 0 Å². The SMILES string of the molecule is N#C/C(=C1\CCNNC1)c1ccccc1. The molecule has 1 aromatic carbocycles. The van der Waals surface area contributed by atoms with E-state index in [2.05, 4.69) is 16.9 Å². The van der Waals surface area contributed by atoms with E-state index in [-0.39, 0.29) is 0 Å². The van der Waals surface area contributed by atoms with Crippen LogP contribution in [0.15, 0.2) is 35.9 Å². The van der Waals surface area contributed by atoms with Crippen LogP contribution in [0.5, 0.6) is 0 Å². The van der Waals surface area contributed by atoms with E-state index in [0.29, 0.717) is 0 Å². The molecule has 0 bridgehead atoms. The lowest BCUT2D eigenvalue weighted by atomic mass is 9.98. The van der Waals surface area contributed by atoms with Gasteiger partial charge in [-0.1, -0.05) is 30.3 Å². The average Bonchev–Trinajstić information content (AvgIpc) is 2.33. The highest BCUT2D eigenvalue weighted by Gasteiger charge is 2.11. The second kappa shape index (κ2) is 4.74. The van der Waals surface area contributed by atoms with Crippen LogP contribution < -0.4 is 10.9 Å². The van der Waals surface area contributed by atoms with Crippen LogP contribution in [0.4, 0.5) is 0 Å². The smallest absolute Gasteiger partial charge is 0.0997 e. The van der Waals surface area contributed by atoms with Gasteiger partial charge in [0.15, 0.2) is 0 Å². The molecule has 1 aliphatic heterocycles. The van der Waals surface area contributed by atoms with Crippen molar-refractivity contribution in [2.75, 3.05) is 13.1 Å². The molecule has 0 unspecified atom stereocenters. The summed E-state index contributed by atoms with van der Waals surface area (Å²) in [5.41, 5.74) is 9.12. The van der Waals surface area contributed by atoms with Crippen molar-refractivity contribution in [1.29, 1.82) is 5.26 Å². The Morgan fingerprint density at radius 2 is 2.00 bits per heavy atom. The number of allylic oxidation sites excluding steroid dienone is 1. The summed E-state index contributed by atoms with van der Waals surface area (Å²) in [6, 6.07) is 12.1. The van der Waals surface area contributed by atoms with Crippen molar-refractivity contribution in [1.82, 2.24) is 10.9 Å². The maximum Gasteiger partial charge on any atom is 0.0997 e. The number of benzene rings is 1. The average molecular weight is 199 g/mol. The van der Waals surface area contributed by atoms with Gasteiger partial charge in [0.1, 0.15) is 0 Å². The molecule has 1 saturated heterocycles. The Labute approximate surface area is 89.4 Å². The van der Waals surface area contributed by atoms with Crippen molar-refractivity contribution in [3.63, 3.8) is 0 Å². The second-order valence-corrected chi connectivity index (χ2v) is 3.49. The molecule has 0 atom stereocenters. The van der Waals surface area contributed by atoms with E-state index in [9.17, 15) is 5.26 Å². The minimum atomic E-state index is 0.748. The summed E-state index contributed by atoms with van der Waals surface area (Å²) in [7, 11) is 0. The fourth-order valence-corrected chi connectivity index (χ4v) is 1.73. The Kier molecular flexibility index (Phi) is 3.13. The standard InChI is InChI=1S/C12H13N3/c13-8-12(10-4-2-1-3-5-10)11-6-7-14-15-9-11/h1-5,14-15H,6-7,9H2/b12-11-. The van der Waals surface area contributed by atoms with Crippen LogP contribution in [0.1, 0.15) is 12.0 Å². The number of nitrogens with one attached hydrogen (secondary N) is 2. The molecule has 0 amide bonds. The molecule has 1 aromatic rings. The van der Waals surface area contributed by atoms with E-state index < -0.39 is 0 Å². The van der Waals surface area contributed by atoms with Crippen molar-refractivity contribution in [2.45, 2.75) is 6.42 Å². The van der Waals surface area contributed by atoms with Gasteiger partial charge in [-0.2, -0.15) is 5.26 Å². The molecule has 0 aliphatic carbocycles. The lowest BCUT2D eigenvalue weighted by molar-refractivity contribution is 0.510. The van der Waals surface area contributed by atoms with E-state index in [1.165, 1.54) is 5.57 Å². The largest absolute Gasteiger partial charge is 0.257 e. The van der Waals surface area contributed by atoms with Gasteiger partial charge in [-0.3, -0.25) is 10.9 Å². The van der Waals surface area contributed by atoms with Gasteiger partial charge in [0.2, 0.25) is 0 Å². The first-order valence-corrected chi connectivity index (χ1v) is 5.05. The highest BCUT2D eigenvalue weighted by atomic mass is 15.4. The number of nitrogens with zero attached hydrogens (tertiary/aromatic N) is 1. The predicted molar refractivity (Wildman–Crippen MR) is 59.6 cm³/mol. The van der Waals surface area contributed by atoms with Crippen molar-refractivity contribution in [2.24, 2.45) is 0 Å². The molecule has 76 valence electrons. The van der Waals surface area contributed by atoms with E-state index in [4.69, 9.17) is 0 Å². The van der Waals surface area contributed by atoms with Gasteiger partial charge in [0.25, 0.3) is 0 Å². The summed E-state index contributed by atoms with van der Waals surface area (Å²) in [6.07, 6.45) is 0.935. The lowest BCUT2D eigenvalue weighted by Gasteiger charge is -2.18. The van der Waals surface area contributed by atoms with Gasteiger partial charge >= 0.3 is 0 Å². The van der Waals surface area contributed by atoms with Gasteiger partial charge in [0, 0.05) is 13.1 Å². The summed E-state index contributed by atoms with van der Waals surface area (Å²) < 4.78 is 0. The Morgan fingerprint density at radius 3 is 2.60 bits per heavy atom. The Morgan fingerprint density at radius 1 is 1.20 bits per heavy atom. The van der Waals surface area contributed by atoms with Gasteiger partial charge in [-0.15, -0.1) is 0 Å². The first kappa shape index (κ1) is 9.91. The maximum absolute atomic E-state index is 9.18. The van der Waals surface area contributed by atoms with Gasteiger partial charge in [-0.05, 0) is 17.6 Å². The molecule has 1 fully saturated rings. The Hall–Kier alpha value is -1.63. The molecule has 0 aromatic heterocycles. The monoisotopic (exact) mass is 199 g/mol. The molecule has 0 spiro atoms. The highest BCUT2D eigenvalue weighted by molar-refractivity contribution is 5.79. The van der Waals surface area contributed by atoms with Gasteiger partial charge in [-0.25, -0.2) is 0 Å². The molecular formula is C12H13N3. The van der Waals surface area contributed by atoms with Crippen LogP contribution in [0.25, 0.3) is 5.57 Å². The number of nitriles is 1. The summed E-state index contributed by atoms with van der Waals surface area (Å²) >= 11 is 0. The predicted octanol–water partition coefficient (Wildman–Crippen LogP) is 1.46. The lowest BCUT2D eigenvalue weighted by Crippen LogP contribution is -2.39. The topological polar surface area (TPSA) is 47.9 Å². The molecule has 15 heavy (non-hydrogen) atoms. The first-order chi connectivity index (χ1) is 7.42. The summed E-state index contributed by atoms with van der Waals surface area (Å²) in [5.74, 6) is 0. The number of hydrazine groups is 1. The van der Waals surface area contributed by atoms with E-state index in [0.717, 1.165) is 30.6 Å². The zero-order valence-corrected chi connectivity index (χ0v) is 8.46. The summed E-state index contributed by atoms with van der Waals surface area (Å²) in [6.45, 7) is 1.63. The molecule has 0 radical (unpaired) electrons. The fraction of sp³-hybridized carbons (Fsp3) is 0.250. The molecule has 2 rings (SSSR count). The number of hydrogen-bond acceptors (Lipinski definition) is 3. The van der Waals surface area contributed by atoms with Crippen LogP contribution in [0.2, 0.25) is 0 Å². The Balaban J connectivity index is 2.35. The zero-order valence-electron chi connectivity index (χ0n) is 8.46. The third-order valence-corrected chi connectivity index (χ3v) is 2.51. The molecule has 0 saturated carbocycles. The minimum absolute atomic E-state index is 0.748. The maximum atomic E-state index is 9.18. The Bertz CT molecular complexity index is 393. The number of hydrogen-bond donors (Lipinski definition) is 2. The highest BCUT2D eigenvalue weighted by Crippen LogP contribution is 2.20. The van der Waals surface area contributed by atoms with Crippen LogP contribution in [0, 0.1) is 11.3 Å². The van der Waals surface area contributed by atoms with Crippen molar-refractivity contribution < 1.29 is 0 Å². The quantitative estimate of drug-likeness (QED) is 0.673. The van der Waals surface area contributed by atoms with Gasteiger partial charge < -0.3 is 0 Å². The third-order valence-electron chi connectivity index (χ3n) is 2.51. The van der Waals surface area contributed by atoms with E-state index >= 15 is 0 Å². The molecule has 2 N–H and O–H groups in total. The van der Waals surface area contributed by atoms with Crippen LogP contribution in [-0.4, -0.2) is 13.1 Å². The zero-order chi connectivity index (χ0) is 10.5. The van der Waals surface area contributed by atoms with Crippen LogP contribution in [-0.2, 0) is 0 Å². The van der Waals surface area contributed by atoms with Crippen molar-refractivity contribution >= 4 is 5.57 Å². The molecule has 3 nitrogen and oxygen atoms in total. The molecular weight excluding hydrogens is 186 g/mol. The molecule has 3 heteroatoms. The minimum Gasteiger partial charge on any atom is -0.257 e. The summed E-state index contributed by atoms with van der Waals surface area (Å²) in [5, 5.41) is 9.18. The van der Waals surface area contributed by atoms with Crippen LogP contribution in [0.3, 0.4) is 0 Å². The number of rotatable bonds is 1. The fourth-order valence-electron chi connectivity index (χ4n) is 1.73. The first-order valence-electron chi connectivity index (χ1n) is 5.05. The molecule has 1 aliphatic rings. The second-order valence-electron chi connectivity index (χ2n) is 3.49. The van der Waals surface area contributed by atoms with E-state index in [1.807, 2.05) is 30.3 Å². The van der Waals surface area contributed by atoms with Crippen LogP contribution >= 0.6 is 0 Å².